The Labute approximate surface area is 160 Å². The van der Waals surface area contributed by atoms with Crippen LogP contribution < -0.4 is 0 Å². The lowest BCUT2D eigenvalue weighted by Gasteiger charge is -2.40. The minimum absolute atomic E-state index is 0. The average Bonchev–Trinajstić information content (AvgIpc) is 2.80. The Kier molecular flexibility index (Phi) is 6.99. The van der Waals surface area contributed by atoms with Gasteiger partial charge < -0.3 is 4.90 Å². The zero-order valence-corrected chi connectivity index (χ0v) is 16.1. The second kappa shape index (κ2) is 8.57. The highest BCUT2D eigenvalue weighted by Gasteiger charge is 2.41. The molecule has 3 rings (SSSR count). The maximum atomic E-state index is 12.1. The highest BCUT2D eigenvalue weighted by molar-refractivity contribution is 6.37. The lowest BCUT2D eigenvalue weighted by Crippen LogP contribution is -2.55. The molecule has 2 aliphatic rings. The van der Waals surface area contributed by atoms with Gasteiger partial charge in [-0.1, -0.05) is 48.3 Å². The topological polar surface area (TPSA) is 23.6 Å². The van der Waals surface area contributed by atoms with E-state index in [1.807, 2.05) is 31.2 Å². The van der Waals surface area contributed by atoms with Crippen molar-refractivity contribution < 1.29 is 4.79 Å². The number of carbonyl (C=O) groups is 1. The van der Waals surface area contributed by atoms with Crippen LogP contribution in [0.25, 0.3) is 6.08 Å². The van der Waals surface area contributed by atoms with Crippen molar-refractivity contribution in [1.29, 1.82) is 0 Å². The molecule has 2 aliphatic heterocycles. The van der Waals surface area contributed by atoms with Crippen LogP contribution >= 0.6 is 35.6 Å². The molecule has 2 unspecified atom stereocenters. The normalized spacial score (nSPS) is 23.5. The van der Waals surface area contributed by atoms with Crippen LogP contribution in [0.5, 0.6) is 0 Å². The van der Waals surface area contributed by atoms with Gasteiger partial charge >= 0.3 is 0 Å². The van der Waals surface area contributed by atoms with Gasteiger partial charge in [-0.05, 0) is 25.0 Å². The Morgan fingerprint density at radius 1 is 1.21 bits per heavy atom. The molecule has 0 N–H and O–H groups in total. The molecule has 0 aliphatic carbocycles. The Balaban J connectivity index is 0.00000208. The fourth-order valence-corrected chi connectivity index (χ4v) is 4.24. The van der Waals surface area contributed by atoms with Crippen molar-refractivity contribution in [1.82, 2.24) is 9.80 Å². The number of fused-ring (bicyclic) bond motifs is 2. The Hall–Kier alpha value is -0.740. The number of amides is 1. The second-order valence-electron chi connectivity index (χ2n) is 6.30. The van der Waals surface area contributed by atoms with Gasteiger partial charge in [0, 0.05) is 53.7 Å². The molecule has 0 aromatic heterocycles. The number of halogens is 3. The number of rotatable bonds is 4. The smallest absolute Gasteiger partial charge is 0.222 e. The number of carbonyl (C=O) groups excluding carboxylic acids is 1. The largest absolute Gasteiger partial charge is 0.334 e. The minimum Gasteiger partial charge on any atom is -0.334 e. The second-order valence-corrected chi connectivity index (χ2v) is 7.11. The maximum absolute atomic E-state index is 12.1. The molecule has 2 fully saturated rings. The number of hydrogen-bond donors (Lipinski definition) is 0. The summed E-state index contributed by atoms with van der Waals surface area (Å²) in [4.78, 5) is 16.6. The Morgan fingerprint density at radius 2 is 1.79 bits per heavy atom. The highest BCUT2D eigenvalue weighted by atomic mass is 35.5. The van der Waals surface area contributed by atoms with Gasteiger partial charge in [-0.15, -0.1) is 12.4 Å². The summed E-state index contributed by atoms with van der Waals surface area (Å²) < 4.78 is 0. The van der Waals surface area contributed by atoms with Crippen molar-refractivity contribution in [2.24, 2.45) is 0 Å². The van der Waals surface area contributed by atoms with Gasteiger partial charge in [-0.25, -0.2) is 0 Å². The summed E-state index contributed by atoms with van der Waals surface area (Å²) in [6.45, 7) is 4.73. The monoisotopic (exact) mass is 388 g/mol. The molecule has 3 nitrogen and oxygen atoms in total. The van der Waals surface area contributed by atoms with Crippen LogP contribution in [0.15, 0.2) is 24.3 Å². The van der Waals surface area contributed by atoms with Crippen molar-refractivity contribution in [3.8, 4) is 0 Å². The van der Waals surface area contributed by atoms with E-state index in [1.165, 1.54) is 0 Å². The van der Waals surface area contributed by atoms with E-state index < -0.39 is 0 Å². The van der Waals surface area contributed by atoms with Crippen molar-refractivity contribution in [2.75, 3.05) is 19.6 Å². The summed E-state index contributed by atoms with van der Waals surface area (Å²) in [5, 5.41) is 1.35. The van der Waals surface area contributed by atoms with Gasteiger partial charge in [-0.3, -0.25) is 9.69 Å². The SMILES string of the molecule is CCC(=O)N1C2CCC1CN(C/C=C/c1c(Cl)cccc1Cl)C2.Cl. The molecule has 0 saturated carbocycles. The summed E-state index contributed by atoms with van der Waals surface area (Å²) >= 11 is 12.4. The first-order valence-corrected chi connectivity index (χ1v) is 8.99. The fourth-order valence-electron chi connectivity index (χ4n) is 3.72. The zero-order chi connectivity index (χ0) is 16.4. The van der Waals surface area contributed by atoms with Crippen molar-refractivity contribution in [3.05, 3.63) is 39.9 Å². The molecular formula is C18H23Cl3N2O. The number of benzene rings is 1. The average molecular weight is 390 g/mol. The quantitative estimate of drug-likeness (QED) is 0.756. The summed E-state index contributed by atoms with van der Waals surface area (Å²) in [6, 6.07) is 6.33. The van der Waals surface area contributed by atoms with Crippen LogP contribution in [0.2, 0.25) is 10.0 Å². The number of hydrogen-bond acceptors (Lipinski definition) is 2. The Morgan fingerprint density at radius 3 is 2.33 bits per heavy atom. The lowest BCUT2D eigenvalue weighted by molar-refractivity contribution is -0.136. The molecule has 2 atom stereocenters. The van der Waals surface area contributed by atoms with Crippen molar-refractivity contribution in [2.45, 2.75) is 38.3 Å². The van der Waals surface area contributed by atoms with Gasteiger partial charge in [0.25, 0.3) is 0 Å². The molecule has 24 heavy (non-hydrogen) atoms. The molecule has 2 bridgehead atoms. The van der Waals surface area contributed by atoms with E-state index in [0.29, 0.717) is 34.5 Å². The predicted molar refractivity (Wildman–Crippen MR) is 103 cm³/mol. The molecule has 1 aromatic rings. The van der Waals surface area contributed by atoms with E-state index >= 15 is 0 Å². The third kappa shape index (κ3) is 4.08. The first kappa shape index (κ1) is 19.6. The van der Waals surface area contributed by atoms with Crippen LogP contribution in [0.4, 0.5) is 0 Å². The van der Waals surface area contributed by atoms with E-state index in [9.17, 15) is 4.79 Å². The third-order valence-electron chi connectivity index (χ3n) is 4.80. The first-order chi connectivity index (χ1) is 11.1. The molecule has 6 heteroatoms. The zero-order valence-electron chi connectivity index (χ0n) is 13.8. The van der Waals surface area contributed by atoms with Crippen LogP contribution in [-0.2, 0) is 4.79 Å². The summed E-state index contributed by atoms with van der Waals surface area (Å²) in [5.41, 5.74) is 0.874. The van der Waals surface area contributed by atoms with Crippen molar-refractivity contribution in [3.63, 3.8) is 0 Å². The van der Waals surface area contributed by atoms with Crippen LogP contribution in [0, 0.1) is 0 Å². The predicted octanol–water partition coefficient (Wildman–Crippen LogP) is 4.51. The number of likely N-dealkylation sites (tertiary alicyclic amines) is 1. The van der Waals surface area contributed by atoms with Gasteiger partial charge in [0.05, 0.1) is 0 Å². The number of nitrogens with zero attached hydrogens (tertiary/aromatic N) is 2. The van der Waals surface area contributed by atoms with E-state index in [2.05, 4.69) is 15.9 Å². The lowest BCUT2D eigenvalue weighted by atomic mass is 10.1. The van der Waals surface area contributed by atoms with Crippen molar-refractivity contribution >= 4 is 47.6 Å². The third-order valence-corrected chi connectivity index (χ3v) is 5.46. The molecule has 2 saturated heterocycles. The van der Waals surface area contributed by atoms with Gasteiger partial charge in [-0.2, -0.15) is 0 Å². The van der Waals surface area contributed by atoms with Gasteiger partial charge in [0.15, 0.2) is 0 Å². The fraction of sp³-hybridized carbons (Fsp3) is 0.500. The highest BCUT2D eigenvalue weighted by Crippen LogP contribution is 2.31. The van der Waals surface area contributed by atoms with E-state index in [-0.39, 0.29) is 12.4 Å². The Bertz CT molecular complexity index is 586. The van der Waals surface area contributed by atoms with E-state index in [4.69, 9.17) is 23.2 Å². The molecule has 132 valence electrons. The molecular weight excluding hydrogens is 367 g/mol. The number of piperazine rings is 1. The summed E-state index contributed by atoms with van der Waals surface area (Å²) in [5.74, 6) is 0.301. The van der Waals surface area contributed by atoms with E-state index in [1.54, 1.807) is 0 Å². The molecule has 1 amide bonds. The maximum Gasteiger partial charge on any atom is 0.222 e. The summed E-state index contributed by atoms with van der Waals surface area (Å²) in [6.07, 6.45) is 6.98. The standard InChI is InChI=1S/C18H22Cl2N2O.ClH/c1-2-18(23)22-13-8-9-14(22)12-21(11-13)10-4-5-15-16(19)6-3-7-17(15)20;/h3-7,13-14H,2,8-12H2,1H3;1H/b5-4+;. The van der Waals surface area contributed by atoms with Crippen LogP contribution in [-0.4, -0.2) is 47.4 Å². The molecule has 1 aromatic carbocycles. The van der Waals surface area contributed by atoms with Crippen LogP contribution in [0.3, 0.4) is 0 Å². The summed E-state index contributed by atoms with van der Waals surface area (Å²) in [7, 11) is 0. The first-order valence-electron chi connectivity index (χ1n) is 8.24. The van der Waals surface area contributed by atoms with E-state index in [0.717, 1.165) is 38.0 Å². The van der Waals surface area contributed by atoms with Crippen LogP contribution in [0.1, 0.15) is 31.7 Å². The van der Waals surface area contributed by atoms with Gasteiger partial charge in [0.1, 0.15) is 0 Å². The minimum atomic E-state index is 0. The molecule has 0 spiro atoms. The molecule has 2 heterocycles. The van der Waals surface area contributed by atoms with Gasteiger partial charge in [0.2, 0.25) is 5.91 Å². The molecule has 0 radical (unpaired) electrons.